The van der Waals surface area contributed by atoms with Gasteiger partial charge in [0.25, 0.3) is 0 Å². The van der Waals surface area contributed by atoms with Gasteiger partial charge in [0.1, 0.15) is 0 Å². The minimum Gasteiger partial charge on any atom is -0.0822 e. The quantitative estimate of drug-likeness (QED) is 0.356. The number of rotatable bonds is 2. The Hall–Kier alpha value is -0.0431. The molecule has 142 valence electrons. The molecule has 0 aromatic carbocycles. The normalized spacial score (nSPS) is 52.8. The molecule has 25 heavy (non-hydrogen) atoms. The van der Waals surface area contributed by atoms with Gasteiger partial charge in [-0.3, -0.25) is 0 Å². The Labute approximate surface area is 158 Å². The van der Waals surface area contributed by atoms with Crippen LogP contribution in [0, 0.1) is 47.3 Å². The molecule has 0 amide bonds. The third-order valence-corrected chi connectivity index (χ3v) is 15.5. The lowest BCUT2D eigenvalue weighted by Gasteiger charge is -2.47. The summed E-state index contributed by atoms with van der Waals surface area (Å²) in [4.78, 5) is 0. The van der Waals surface area contributed by atoms with Crippen LogP contribution in [0.2, 0.25) is 24.2 Å². The van der Waals surface area contributed by atoms with E-state index >= 15 is 0 Å². The minimum atomic E-state index is -1.33. The molecule has 3 saturated carbocycles. The Morgan fingerprint density at radius 3 is 2.00 bits per heavy atom. The lowest BCUT2D eigenvalue weighted by atomic mass is 9.70. The molecule has 4 aliphatic carbocycles. The number of hydrogen-bond acceptors (Lipinski definition) is 0. The van der Waals surface area contributed by atoms with Crippen molar-refractivity contribution in [2.24, 2.45) is 47.3 Å². The Bertz CT molecular complexity index is 532. The van der Waals surface area contributed by atoms with Crippen LogP contribution >= 0.6 is 0 Å². The van der Waals surface area contributed by atoms with Gasteiger partial charge >= 0.3 is 0 Å². The molecule has 3 fully saturated rings. The van der Waals surface area contributed by atoms with Gasteiger partial charge in [-0.15, -0.1) is 0 Å². The largest absolute Gasteiger partial charge is 0.0822 e. The van der Waals surface area contributed by atoms with E-state index in [2.05, 4.69) is 53.8 Å². The fraction of sp³-hybridized carbons (Fsp3) is 0.917. The molecule has 0 saturated heterocycles. The zero-order valence-corrected chi connectivity index (χ0v) is 18.9. The summed E-state index contributed by atoms with van der Waals surface area (Å²) in [6.07, 6.45) is 10.5. The van der Waals surface area contributed by atoms with Crippen LogP contribution in [-0.2, 0) is 0 Å². The molecule has 9 unspecified atom stereocenters. The molecule has 0 bridgehead atoms. The summed E-state index contributed by atoms with van der Waals surface area (Å²) < 4.78 is 0. The summed E-state index contributed by atoms with van der Waals surface area (Å²) in [5.74, 6) is 7.83. The second-order valence-corrected chi connectivity index (χ2v) is 16.4. The van der Waals surface area contributed by atoms with Crippen LogP contribution in [0.1, 0.15) is 66.7 Å². The summed E-state index contributed by atoms with van der Waals surface area (Å²) in [7, 11) is -1.33. The van der Waals surface area contributed by atoms with Crippen molar-refractivity contribution in [3.63, 3.8) is 0 Å². The van der Waals surface area contributed by atoms with Crippen molar-refractivity contribution < 1.29 is 0 Å². The van der Waals surface area contributed by atoms with Gasteiger partial charge in [0.05, 0.1) is 8.07 Å². The molecule has 0 aromatic heterocycles. The maximum atomic E-state index is 2.79. The monoisotopic (exact) mass is 358 g/mol. The molecule has 9 atom stereocenters. The molecule has 4 rings (SSSR count). The van der Waals surface area contributed by atoms with Crippen molar-refractivity contribution in [1.29, 1.82) is 0 Å². The summed E-state index contributed by atoms with van der Waals surface area (Å²) in [5.41, 5.74) is 3.82. The highest BCUT2D eigenvalue weighted by Gasteiger charge is 2.57. The van der Waals surface area contributed by atoms with Gasteiger partial charge in [-0.05, 0) is 78.2 Å². The first-order chi connectivity index (χ1) is 11.7. The Balaban J connectivity index is 1.62. The topological polar surface area (TPSA) is 0 Å². The highest BCUT2D eigenvalue weighted by molar-refractivity contribution is 6.81. The minimum absolute atomic E-state index is 0.916. The van der Waals surface area contributed by atoms with E-state index in [1.807, 2.05) is 5.57 Å². The highest BCUT2D eigenvalue weighted by Crippen LogP contribution is 2.63. The smallest absolute Gasteiger partial charge is 0.0587 e. The van der Waals surface area contributed by atoms with Crippen LogP contribution < -0.4 is 0 Å². The lowest BCUT2D eigenvalue weighted by Crippen LogP contribution is -2.46. The van der Waals surface area contributed by atoms with Crippen molar-refractivity contribution >= 4 is 8.07 Å². The molecule has 0 N–H and O–H groups in total. The predicted molar refractivity (Wildman–Crippen MR) is 112 cm³/mol. The molecule has 0 heterocycles. The summed E-state index contributed by atoms with van der Waals surface area (Å²) in [5, 5.41) is 0. The van der Waals surface area contributed by atoms with E-state index in [0.717, 1.165) is 58.4 Å². The van der Waals surface area contributed by atoms with Crippen LogP contribution in [-0.4, -0.2) is 8.07 Å². The number of fused-ring (bicyclic) bond motifs is 2. The van der Waals surface area contributed by atoms with E-state index in [-0.39, 0.29) is 0 Å². The number of hydrogen-bond donors (Lipinski definition) is 0. The summed E-state index contributed by atoms with van der Waals surface area (Å²) in [6.45, 7) is 18.4. The Morgan fingerprint density at radius 1 is 0.840 bits per heavy atom. The first kappa shape index (κ1) is 18.3. The second-order valence-electron chi connectivity index (χ2n) is 11.4. The average Bonchev–Trinajstić information content (AvgIpc) is 3.17. The molecule has 0 aliphatic heterocycles. The van der Waals surface area contributed by atoms with Crippen molar-refractivity contribution in [1.82, 2.24) is 0 Å². The van der Waals surface area contributed by atoms with Crippen LogP contribution in [0.4, 0.5) is 0 Å². The molecular weight excluding hydrogens is 316 g/mol. The molecule has 0 nitrogen and oxygen atoms in total. The van der Waals surface area contributed by atoms with Gasteiger partial charge in [0.2, 0.25) is 0 Å². The van der Waals surface area contributed by atoms with E-state index in [4.69, 9.17) is 0 Å². The van der Waals surface area contributed by atoms with Gasteiger partial charge in [-0.25, -0.2) is 0 Å². The van der Waals surface area contributed by atoms with Crippen LogP contribution in [0.3, 0.4) is 0 Å². The highest BCUT2D eigenvalue weighted by atomic mass is 28.3. The maximum Gasteiger partial charge on any atom is 0.0587 e. The Kier molecular flexibility index (Phi) is 4.58. The fourth-order valence-electron chi connectivity index (χ4n) is 8.93. The van der Waals surface area contributed by atoms with Gasteiger partial charge < -0.3 is 0 Å². The first-order valence-electron chi connectivity index (χ1n) is 11.4. The number of allylic oxidation sites excluding steroid dienone is 2. The zero-order valence-electron chi connectivity index (χ0n) is 17.9. The van der Waals surface area contributed by atoms with Gasteiger partial charge in [0, 0.05) is 0 Å². The van der Waals surface area contributed by atoms with Crippen molar-refractivity contribution in [2.45, 2.75) is 90.9 Å². The fourth-order valence-corrected chi connectivity index (χ4v) is 15.4. The van der Waals surface area contributed by atoms with E-state index in [9.17, 15) is 0 Å². The van der Waals surface area contributed by atoms with Crippen LogP contribution in [0.5, 0.6) is 0 Å². The molecule has 0 spiro atoms. The SMILES string of the molecule is CC1=CC2CC3CCCC3CC2C1[Si](C)(C)C1C(C)C(C)C(C)C1C. The maximum absolute atomic E-state index is 2.79. The third kappa shape index (κ3) is 2.65. The molecule has 1 heteroatoms. The van der Waals surface area contributed by atoms with E-state index in [1.54, 1.807) is 12.8 Å². The molecule has 0 aromatic rings. The van der Waals surface area contributed by atoms with Gasteiger partial charge in [0.15, 0.2) is 0 Å². The summed E-state index contributed by atoms with van der Waals surface area (Å²) in [6, 6.07) is 0. The zero-order chi connectivity index (χ0) is 18.1. The van der Waals surface area contributed by atoms with Gasteiger partial charge in [-0.1, -0.05) is 71.7 Å². The van der Waals surface area contributed by atoms with Crippen LogP contribution in [0.15, 0.2) is 11.6 Å². The lowest BCUT2D eigenvalue weighted by molar-refractivity contribution is 0.170. The molecule has 4 aliphatic rings. The third-order valence-electron chi connectivity index (χ3n) is 10.2. The Morgan fingerprint density at radius 2 is 1.40 bits per heavy atom. The van der Waals surface area contributed by atoms with Crippen molar-refractivity contribution in [3.05, 3.63) is 11.6 Å². The van der Waals surface area contributed by atoms with E-state index in [0.29, 0.717) is 0 Å². The van der Waals surface area contributed by atoms with Crippen LogP contribution in [0.25, 0.3) is 0 Å². The molecule has 0 radical (unpaired) electrons. The standard InChI is InChI=1S/C24H42Si/c1-14-11-21-12-19-9-8-10-20(19)13-22(21)23(14)25(6,7)24-17(4)15(2)16(3)18(24)5/h11,15-24H,8-10,12-13H2,1-7H3. The van der Waals surface area contributed by atoms with E-state index < -0.39 is 8.07 Å². The second kappa shape index (κ2) is 6.25. The van der Waals surface area contributed by atoms with Crippen molar-refractivity contribution in [2.75, 3.05) is 0 Å². The van der Waals surface area contributed by atoms with Crippen molar-refractivity contribution in [3.8, 4) is 0 Å². The molecular formula is C24H42Si. The average molecular weight is 359 g/mol. The van der Waals surface area contributed by atoms with Gasteiger partial charge in [-0.2, -0.15) is 0 Å². The predicted octanol–water partition coefficient (Wildman–Crippen LogP) is 7.40. The first-order valence-corrected chi connectivity index (χ1v) is 14.6. The summed E-state index contributed by atoms with van der Waals surface area (Å²) >= 11 is 0. The van der Waals surface area contributed by atoms with E-state index in [1.165, 1.54) is 19.3 Å².